The van der Waals surface area contributed by atoms with Crippen LogP contribution in [0.5, 0.6) is 0 Å². The summed E-state index contributed by atoms with van der Waals surface area (Å²) in [5.41, 5.74) is 3.00. The molecule has 0 heterocycles. The molecule has 1 N–H and O–H groups in total. The maximum absolute atomic E-state index is 13.4. The second-order valence-electron chi connectivity index (χ2n) is 7.04. The van der Waals surface area contributed by atoms with Gasteiger partial charge in [0.2, 0.25) is 0 Å². The number of para-hydroxylation sites is 1. The third-order valence-corrected chi connectivity index (χ3v) is 7.49. The van der Waals surface area contributed by atoms with E-state index in [0.29, 0.717) is 11.4 Å². The van der Waals surface area contributed by atoms with Crippen molar-refractivity contribution in [3.05, 3.63) is 87.4 Å². The van der Waals surface area contributed by atoms with Crippen LogP contribution < -0.4 is 9.62 Å². The van der Waals surface area contributed by atoms with Crippen molar-refractivity contribution >= 4 is 50.5 Å². The lowest BCUT2D eigenvalue weighted by Gasteiger charge is -2.24. The molecule has 31 heavy (non-hydrogen) atoms. The van der Waals surface area contributed by atoms with Gasteiger partial charge in [0.15, 0.2) is 0 Å². The molecule has 0 spiro atoms. The number of rotatable bonds is 6. The lowest BCUT2D eigenvalue weighted by atomic mass is 10.1. The summed E-state index contributed by atoms with van der Waals surface area (Å²) in [5, 5.41) is 2.82. The number of halogens is 2. The number of carbonyl (C=O) groups excluding carboxylic acids is 1. The summed E-state index contributed by atoms with van der Waals surface area (Å²) in [7, 11) is -4.03. The van der Waals surface area contributed by atoms with E-state index in [0.717, 1.165) is 11.1 Å². The van der Waals surface area contributed by atoms with Crippen molar-refractivity contribution in [2.24, 2.45) is 0 Å². The van der Waals surface area contributed by atoms with Crippen molar-refractivity contribution in [3.8, 4) is 0 Å². The Bertz CT molecular complexity index is 1230. The third kappa shape index (κ3) is 4.87. The zero-order valence-electron chi connectivity index (χ0n) is 17.3. The average molecular weight is 477 g/mol. The van der Waals surface area contributed by atoms with E-state index in [4.69, 9.17) is 23.2 Å². The van der Waals surface area contributed by atoms with Crippen molar-refractivity contribution in [1.29, 1.82) is 0 Å². The van der Waals surface area contributed by atoms with Crippen LogP contribution in [0.3, 0.4) is 0 Å². The summed E-state index contributed by atoms with van der Waals surface area (Å²) in [6.45, 7) is 5.70. The first-order valence-corrected chi connectivity index (χ1v) is 11.8. The van der Waals surface area contributed by atoms with Crippen molar-refractivity contribution < 1.29 is 13.2 Å². The molecule has 0 fully saturated rings. The van der Waals surface area contributed by atoms with Crippen LogP contribution in [0.25, 0.3) is 0 Å². The first-order chi connectivity index (χ1) is 14.6. The Morgan fingerprint density at radius 1 is 0.968 bits per heavy atom. The number of nitrogens with zero attached hydrogens (tertiary/aromatic N) is 1. The van der Waals surface area contributed by atoms with E-state index in [1.807, 2.05) is 32.0 Å². The highest BCUT2D eigenvalue weighted by molar-refractivity contribution is 7.93. The molecule has 3 aromatic rings. The minimum absolute atomic E-state index is 0.0228. The predicted octanol–water partition coefficient (Wildman–Crippen LogP) is 6.08. The molecule has 3 rings (SSSR count). The number of amides is 1. The van der Waals surface area contributed by atoms with Gasteiger partial charge in [-0.05, 0) is 62.2 Å². The minimum Gasteiger partial charge on any atom is -0.322 e. The van der Waals surface area contributed by atoms with Crippen molar-refractivity contribution in [2.45, 2.75) is 25.7 Å². The highest BCUT2D eigenvalue weighted by Crippen LogP contribution is 2.33. The summed E-state index contributed by atoms with van der Waals surface area (Å²) in [6, 6.07) is 16.9. The van der Waals surface area contributed by atoms with Gasteiger partial charge in [-0.1, -0.05) is 53.5 Å². The molecule has 8 heteroatoms. The number of carbonyl (C=O) groups is 1. The number of anilines is 2. The minimum atomic E-state index is -4.03. The Hall–Kier alpha value is -2.54. The Morgan fingerprint density at radius 3 is 2.29 bits per heavy atom. The number of hydrogen-bond donors (Lipinski definition) is 1. The van der Waals surface area contributed by atoms with Gasteiger partial charge >= 0.3 is 0 Å². The van der Waals surface area contributed by atoms with Crippen LogP contribution in [0.1, 0.15) is 28.4 Å². The van der Waals surface area contributed by atoms with Crippen LogP contribution in [0, 0.1) is 13.8 Å². The van der Waals surface area contributed by atoms with Gasteiger partial charge in [0, 0.05) is 12.2 Å². The zero-order valence-corrected chi connectivity index (χ0v) is 19.6. The number of benzene rings is 3. The molecule has 0 unspecified atom stereocenters. The summed E-state index contributed by atoms with van der Waals surface area (Å²) in [4.78, 5) is 12.8. The summed E-state index contributed by atoms with van der Waals surface area (Å²) >= 11 is 12.5. The van der Waals surface area contributed by atoms with Gasteiger partial charge < -0.3 is 5.32 Å². The van der Waals surface area contributed by atoms with Crippen molar-refractivity contribution in [1.82, 2.24) is 0 Å². The smallest absolute Gasteiger partial charge is 0.265 e. The number of hydrogen-bond acceptors (Lipinski definition) is 3. The summed E-state index contributed by atoms with van der Waals surface area (Å²) < 4.78 is 28.0. The first kappa shape index (κ1) is 23.1. The van der Waals surface area contributed by atoms with Crippen molar-refractivity contribution in [3.63, 3.8) is 0 Å². The van der Waals surface area contributed by atoms with Gasteiger partial charge in [0.25, 0.3) is 15.9 Å². The van der Waals surface area contributed by atoms with Gasteiger partial charge in [-0.2, -0.15) is 0 Å². The van der Waals surface area contributed by atoms with Gasteiger partial charge in [-0.15, -0.1) is 0 Å². The summed E-state index contributed by atoms with van der Waals surface area (Å²) in [6.07, 6.45) is 0. The molecule has 3 aromatic carbocycles. The highest BCUT2D eigenvalue weighted by atomic mass is 35.5. The molecule has 0 atom stereocenters. The molecule has 1 amide bonds. The summed E-state index contributed by atoms with van der Waals surface area (Å²) in [5.74, 6) is -0.519. The molecule has 0 radical (unpaired) electrons. The fourth-order valence-electron chi connectivity index (χ4n) is 3.17. The quantitative estimate of drug-likeness (QED) is 0.468. The van der Waals surface area contributed by atoms with Crippen LogP contribution in [0.4, 0.5) is 11.4 Å². The monoisotopic (exact) mass is 476 g/mol. The van der Waals surface area contributed by atoms with Gasteiger partial charge in [0.05, 0.1) is 21.3 Å². The lowest BCUT2D eigenvalue weighted by molar-refractivity contribution is 0.102. The van der Waals surface area contributed by atoms with E-state index in [1.54, 1.807) is 37.3 Å². The maximum Gasteiger partial charge on any atom is 0.265 e. The van der Waals surface area contributed by atoms with E-state index in [9.17, 15) is 13.2 Å². The average Bonchev–Trinajstić information content (AvgIpc) is 2.71. The van der Waals surface area contributed by atoms with Gasteiger partial charge in [-0.3, -0.25) is 9.10 Å². The predicted molar refractivity (Wildman–Crippen MR) is 127 cm³/mol. The first-order valence-electron chi connectivity index (χ1n) is 9.60. The van der Waals surface area contributed by atoms with Gasteiger partial charge in [0.1, 0.15) is 4.90 Å². The molecule has 0 aliphatic heterocycles. The number of sulfonamides is 1. The van der Waals surface area contributed by atoms with Crippen LogP contribution in [0.15, 0.2) is 65.6 Å². The molecule has 5 nitrogen and oxygen atoms in total. The Morgan fingerprint density at radius 2 is 1.65 bits per heavy atom. The van der Waals surface area contributed by atoms with Crippen molar-refractivity contribution in [2.75, 3.05) is 16.2 Å². The Balaban J connectivity index is 2.04. The third-order valence-electron chi connectivity index (χ3n) is 4.81. The molecular formula is C23H22Cl2N2O3S. The Labute approximate surface area is 192 Å². The Kier molecular flexibility index (Phi) is 6.94. The molecule has 0 bridgehead atoms. The second kappa shape index (κ2) is 9.30. The maximum atomic E-state index is 13.4. The molecule has 0 saturated carbocycles. The normalized spacial score (nSPS) is 11.3. The molecular weight excluding hydrogens is 455 g/mol. The highest BCUT2D eigenvalue weighted by Gasteiger charge is 2.28. The van der Waals surface area contributed by atoms with Crippen LogP contribution >= 0.6 is 23.2 Å². The van der Waals surface area contributed by atoms with Crippen LogP contribution in [-0.4, -0.2) is 20.9 Å². The molecule has 0 saturated heterocycles. The van der Waals surface area contributed by atoms with Crippen LogP contribution in [0.2, 0.25) is 10.0 Å². The molecule has 0 aliphatic rings. The molecule has 0 aromatic heterocycles. The standard InChI is InChI=1S/C23H22Cl2N2O3S/c1-4-27(17-8-6-5-7-9-17)31(29,30)22-13-18(19(24)14-20(22)25)23(28)26-21-12-15(2)10-11-16(21)3/h5-14H,4H2,1-3H3,(H,26,28). The van der Waals surface area contributed by atoms with E-state index >= 15 is 0 Å². The lowest BCUT2D eigenvalue weighted by Crippen LogP contribution is -2.31. The molecule has 162 valence electrons. The fourth-order valence-corrected chi connectivity index (χ4v) is 5.48. The fraction of sp³-hybridized carbons (Fsp3) is 0.174. The zero-order chi connectivity index (χ0) is 22.8. The number of nitrogens with one attached hydrogen (secondary N) is 1. The van der Waals surface area contributed by atoms with Crippen LogP contribution in [-0.2, 0) is 10.0 Å². The molecule has 0 aliphatic carbocycles. The number of aryl methyl sites for hydroxylation is 2. The van der Waals surface area contributed by atoms with E-state index < -0.39 is 15.9 Å². The van der Waals surface area contributed by atoms with E-state index in [-0.39, 0.29) is 27.0 Å². The largest absolute Gasteiger partial charge is 0.322 e. The van der Waals surface area contributed by atoms with E-state index in [1.165, 1.54) is 16.4 Å². The van der Waals surface area contributed by atoms with E-state index in [2.05, 4.69) is 5.32 Å². The van der Waals surface area contributed by atoms with Gasteiger partial charge in [-0.25, -0.2) is 8.42 Å². The topological polar surface area (TPSA) is 66.5 Å². The second-order valence-corrected chi connectivity index (χ2v) is 9.69. The SMILES string of the molecule is CCN(c1ccccc1)S(=O)(=O)c1cc(C(=O)Nc2cc(C)ccc2C)c(Cl)cc1Cl.